The fourth-order valence-corrected chi connectivity index (χ4v) is 9.10. The number of fused-ring (bicyclic) bond motifs is 3. The van der Waals surface area contributed by atoms with Crippen LogP contribution < -0.4 is 14.3 Å². The van der Waals surface area contributed by atoms with E-state index in [4.69, 9.17) is 4.42 Å². The molecule has 0 atom stereocenters. The number of hydrogen-bond donors (Lipinski definition) is 0. The number of para-hydroxylation sites is 1. The molecule has 62 heavy (non-hydrogen) atoms. The largest absolute Gasteiger partial charge is 0.469 e. The van der Waals surface area contributed by atoms with E-state index in [1.807, 2.05) is 27.5 Å². The summed E-state index contributed by atoms with van der Waals surface area (Å²) in [5.41, 5.74) is 16.2. The molecular weight excluding hydrogens is 949 g/mol. The third-order valence-electron chi connectivity index (χ3n) is 11.6. The van der Waals surface area contributed by atoms with E-state index in [0.29, 0.717) is 0 Å². The Labute approximate surface area is 383 Å². The maximum Gasteiger partial charge on any atom is 0.141 e. The first-order valence-electron chi connectivity index (χ1n) is 20.9. The minimum absolute atomic E-state index is 0. The number of benzene rings is 6. The van der Waals surface area contributed by atoms with Crippen molar-refractivity contribution in [2.75, 3.05) is 0 Å². The van der Waals surface area contributed by atoms with Gasteiger partial charge in [0.2, 0.25) is 0 Å². The summed E-state index contributed by atoms with van der Waals surface area (Å²) in [6, 6.07) is 55.4. The van der Waals surface area contributed by atoms with Gasteiger partial charge in [-0.2, -0.15) is 37.1 Å². The quantitative estimate of drug-likeness (QED) is 0.0924. The first-order chi connectivity index (χ1) is 29.2. The molecule has 0 unspecified atom stereocenters. The molecule has 0 aliphatic heterocycles. The van der Waals surface area contributed by atoms with Crippen LogP contribution in [0.3, 0.4) is 0 Å². The number of hydrogen-bond acceptors (Lipinski definition) is 1. The van der Waals surface area contributed by atoms with Gasteiger partial charge in [-0.1, -0.05) is 172 Å². The van der Waals surface area contributed by atoms with Gasteiger partial charge in [0.1, 0.15) is 5.58 Å². The minimum atomic E-state index is -1.34. The standard InChI is InChI=1S/C35H30NO.C22H24NSi.Ir/c1-23-14-19-30-29-13-9-12-28(25-15-17-27(18-16-25)35(2,3)4)33(29)37-34(30)32(23)31-22-26(20-21-36(31)5)24-10-7-6-8-11-24;1-17-11-12-19(18-9-7-6-8-10-18)15-21(17)22-14-13-20(16-23(22)2)24(3,4)5;/h6-22H,1,5H2,2-4H3;6-16H,1-2H2,3-5H3;/q2*-1;. The van der Waals surface area contributed by atoms with Gasteiger partial charge in [-0.05, 0) is 44.9 Å². The second-order valence-corrected chi connectivity index (χ2v) is 23.1. The molecule has 9 aromatic rings. The second-order valence-electron chi connectivity index (χ2n) is 18.0. The number of rotatable bonds is 6. The molecule has 0 saturated carbocycles. The van der Waals surface area contributed by atoms with Crippen LogP contribution in [-0.4, -0.2) is 8.07 Å². The van der Waals surface area contributed by atoms with Crippen molar-refractivity contribution in [3.05, 3.63) is 215 Å². The van der Waals surface area contributed by atoms with Crippen molar-refractivity contribution in [2.24, 2.45) is 0 Å². The Kier molecular flexibility index (Phi) is 12.5. The van der Waals surface area contributed by atoms with Crippen molar-refractivity contribution in [1.29, 1.82) is 0 Å². The third kappa shape index (κ3) is 8.89. The van der Waals surface area contributed by atoms with E-state index in [1.165, 1.54) is 21.9 Å². The molecule has 5 heteroatoms. The average molecular weight is 1000 g/mol. The van der Waals surface area contributed by atoms with E-state index in [1.54, 1.807) is 0 Å². The average Bonchev–Trinajstić information content (AvgIpc) is 3.63. The molecule has 313 valence electrons. The van der Waals surface area contributed by atoms with Crippen molar-refractivity contribution in [3.63, 3.8) is 0 Å². The summed E-state index contributed by atoms with van der Waals surface area (Å²) < 4.78 is 10.6. The van der Waals surface area contributed by atoms with Gasteiger partial charge in [0, 0.05) is 50.5 Å². The molecule has 3 heterocycles. The fourth-order valence-electron chi connectivity index (χ4n) is 7.97. The van der Waals surface area contributed by atoms with Crippen LogP contribution in [0.25, 0.3) is 77.8 Å². The topological polar surface area (TPSA) is 20.9 Å². The zero-order chi connectivity index (χ0) is 43.1. The summed E-state index contributed by atoms with van der Waals surface area (Å²) in [6.07, 6.45) is 4.18. The zero-order valence-corrected chi connectivity index (χ0v) is 40.0. The van der Waals surface area contributed by atoms with Gasteiger partial charge in [-0.3, -0.25) is 0 Å². The Bertz CT molecular complexity index is 3010. The van der Waals surface area contributed by atoms with Crippen molar-refractivity contribution < 1.29 is 33.7 Å². The SMILES string of the molecule is [CH2-]c1ccc(-c2ccccc2)cc1-c1ccc([Si](C)(C)C)c[n+]1[CH2-].[CH2-]c1ccc2c(oc3c(-c4ccc(C(C)(C)C)cc4)cccc32)c1-c1cc(-c2ccccc2)cc[n+]1[CH2-].[Ir]. The molecule has 3 aromatic heterocycles. The van der Waals surface area contributed by atoms with Crippen LogP contribution in [-0.2, 0) is 25.5 Å². The zero-order valence-electron chi connectivity index (χ0n) is 36.6. The smallest absolute Gasteiger partial charge is 0.141 e. The van der Waals surface area contributed by atoms with Crippen molar-refractivity contribution in [1.82, 2.24) is 0 Å². The number of aromatic nitrogens is 2. The molecule has 6 aromatic carbocycles. The van der Waals surface area contributed by atoms with Gasteiger partial charge >= 0.3 is 0 Å². The van der Waals surface area contributed by atoms with E-state index in [2.05, 4.69) is 220 Å². The molecule has 0 fully saturated rings. The summed E-state index contributed by atoms with van der Waals surface area (Å²) >= 11 is 0. The monoisotopic (exact) mass is 1000 g/mol. The Morgan fingerprint density at radius 3 is 1.71 bits per heavy atom. The summed E-state index contributed by atoms with van der Waals surface area (Å²) in [5, 5.41) is 3.59. The van der Waals surface area contributed by atoms with E-state index in [-0.39, 0.29) is 25.5 Å². The molecule has 0 spiro atoms. The van der Waals surface area contributed by atoms with E-state index in [9.17, 15) is 0 Å². The molecule has 0 aliphatic rings. The van der Waals surface area contributed by atoms with Gasteiger partial charge in [-0.25, -0.2) is 0 Å². The van der Waals surface area contributed by atoms with Gasteiger partial charge in [0.25, 0.3) is 0 Å². The third-order valence-corrected chi connectivity index (χ3v) is 13.6. The van der Waals surface area contributed by atoms with Gasteiger partial charge in [0.15, 0.2) is 0 Å². The van der Waals surface area contributed by atoms with Crippen LogP contribution in [0.15, 0.2) is 175 Å². The molecule has 1 radical (unpaired) electrons. The molecule has 3 nitrogen and oxygen atoms in total. The summed E-state index contributed by atoms with van der Waals surface area (Å²) in [6.45, 7) is 22.4. The van der Waals surface area contributed by atoms with Crippen LogP contribution in [0, 0.1) is 27.9 Å². The molecular formula is C57H54IrN2OSi-2. The molecule has 9 rings (SSSR count). The van der Waals surface area contributed by atoms with Crippen LogP contribution in [0.4, 0.5) is 0 Å². The Balaban J connectivity index is 0.000000201. The molecule has 0 N–H and O–H groups in total. The van der Waals surface area contributed by atoms with Crippen LogP contribution in [0.5, 0.6) is 0 Å². The summed E-state index contributed by atoms with van der Waals surface area (Å²) in [5.74, 6) is 0. The van der Waals surface area contributed by atoms with Crippen molar-refractivity contribution >= 4 is 35.2 Å². The van der Waals surface area contributed by atoms with Crippen LogP contribution >= 0.6 is 0 Å². The van der Waals surface area contributed by atoms with Crippen molar-refractivity contribution in [3.8, 4) is 55.9 Å². The van der Waals surface area contributed by atoms with Gasteiger partial charge in [0.05, 0.1) is 37.4 Å². The molecule has 0 saturated heterocycles. The Morgan fingerprint density at radius 2 is 1.10 bits per heavy atom. The maximum atomic E-state index is 6.72. The minimum Gasteiger partial charge on any atom is -0.469 e. The maximum absolute atomic E-state index is 6.72. The summed E-state index contributed by atoms with van der Waals surface area (Å²) in [7, 11) is 7.16. The Hall–Kier alpha value is -6.23. The fraction of sp³-hybridized carbons (Fsp3) is 0.123. The number of pyridine rings is 2. The van der Waals surface area contributed by atoms with Crippen LogP contribution in [0.1, 0.15) is 37.5 Å². The van der Waals surface area contributed by atoms with E-state index < -0.39 is 8.07 Å². The first-order valence-corrected chi connectivity index (χ1v) is 24.4. The van der Waals surface area contributed by atoms with Crippen LogP contribution in [0.2, 0.25) is 19.6 Å². The molecule has 0 bridgehead atoms. The van der Waals surface area contributed by atoms with Crippen molar-refractivity contribution in [2.45, 2.75) is 45.8 Å². The van der Waals surface area contributed by atoms with Gasteiger partial charge in [-0.15, -0.1) is 23.8 Å². The molecule has 0 aliphatic carbocycles. The predicted octanol–water partition coefficient (Wildman–Crippen LogP) is 13.7. The van der Waals surface area contributed by atoms with E-state index >= 15 is 0 Å². The first kappa shape index (κ1) is 43.8. The Morgan fingerprint density at radius 1 is 0.500 bits per heavy atom. The molecule has 0 amide bonds. The van der Waals surface area contributed by atoms with E-state index in [0.717, 1.165) is 77.8 Å². The normalized spacial score (nSPS) is 11.5. The number of furan rings is 1. The predicted molar refractivity (Wildman–Crippen MR) is 260 cm³/mol. The second kappa shape index (κ2) is 17.6. The summed E-state index contributed by atoms with van der Waals surface area (Å²) in [4.78, 5) is 0. The van der Waals surface area contributed by atoms with Gasteiger partial charge < -0.3 is 13.6 Å². The number of nitrogens with zero attached hydrogens (tertiary/aromatic N) is 2.